The molecule has 0 radical (unpaired) electrons. The SMILES string of the molecule is CNC(C)(C#N)CCN1CCC(C(C)(C)C)CC1. The summed E-state index contributed by atoms with van der Waals surface area (Å²) in [6.07, 6.45) is 3.50. The Hall–Kier alpha value is -0.590. The van der Waals surface area contributed by atoms with E-state index in [2.05, 4.69) is 37.1 Å². The molecule has 1 fully saturated rings. The van der Waals surface area contributed by atoms with E-state index in [0.29, 0.717) is 5.41 Å². The third kappa shape index (κ3) is 4.26. The van der Waals surface area contributed by atoms with Gasteiger partial charge in [0.05, 0.1) is 6.07 Å². The van der Waals surface area contributed by atoms with Crippen molar-refractivity contribution in [1.29, 1.82) is 5.26 Å². The van der Waals surface area contributed by atoms with Gasteiger partial charge in [-0.15, -0.1) is 0 Å². The molecule has 1 aliphatic heterocycles. The lowest BCUT2D eigenvalue weighted by molar-refractivity contribution is 0.108. The van der Waals surface area contributed by atoms with Crippen molar-refractivity contribution in [2.24, 2.45) is 11.3 Å². The largest absolute Gasteiger partial charge is 0.303 e. The monoisotopic (exact) mass is 251 g/mol. The number of rotatable bonds is 4. The highest BCUT2D eigenvalue weighted by atomic mass is 15.1. The summed E-state index contributed by atoms with van der Waals surface area (Å²) in [6, 6.07) is 2.36. The topological polar surface area (TPSA) is 39.1 Å². The van der Waals surface area contributed by atoms with Gasteiger partial charge in [0.1, 0.15) is 5.54 Å². The molecular weight excluding hydrogens is 222 g/mol. The van der Waals surface area contributed by atoms with E-state index in [1.165, 1.54) is 25.9 Å². The summed E-state index contributed by atoms with van der Waals surface area (Å²) >= 11 is 0. The lowest BCUT2D eigenvalue weighted by Crippen LogP contribution is -2.44. The second kappa shape index (κ2) is 6.04. The van der Waals surface area contributed by atoms with Crippen LogP contribution >= 0.6 is 0 Å². The Morgan fingerprint density at radius 1 is 1.22 bits per heavy atom. The number of nitrogens with one attached hydrogen (secondary N) is 1. The quantitative estimate of drug-likeness (QED) is 0.835. The van der Waals surface area contributed by atoms with Crippen LogP contribution < -0.4 is 5.32 Å². The van der Waals surface area contributed by atoms with E-state index in [-0.39, 0.29) is 5.54 Å². The van der Waals surface area contributed by atoms with Crippen LogP contribution in [0.25, 0.3) is 0 Å². The molecule has 18 heavy (non-hydrogen) atoms. The molecule has 0 aromatic carbocycles. The zero-order valence-electron chi connectivity index (χ0n) is 12.7. The molecule has 3 nitrogen and oxygen atoms in total. The van der Waals surface area contributed by atoms with Gasteiger partial charge in [-0.2, -0.15) is 5.26 Å². The van der Waals surface area contributed by atoms with Crippen molar-refractivity contribution in [3.05, 3.63) is 0 Å². The molecule has 1 unspecified atom stereocenters. The Morgan fingerprint density at radius 2 is 1.78 bits per heavy atom. The first-order chi connectivity index (χ1) is 8.30. The van der Waals surface area contributed by atoms with Crippen LogP contribution in [0.1, 0.15) is 47.0 Å². The van der Waals surface area contributed by atoms with Crippen LogP contribution in [-0.2, 0) is 0 Å². The molecule has 0 aromatic heterocycles. The first kappa shape index (κ1) is 15.5. The van der Waals surface area contributed by atoms with E-state index in [0.717, 1.165) is 18.9 Å². The van der Waals surface area contributed by atoms with Crippen LogP contribution in [0.5, 0.6) is 0 Å². The molecule has 0 aromatic rings. The molecule has 0 amide bonds. The summed E-state index contributed by atoms with van der Waals surface area (Å²) in [5, 5.41) is 12.2. The predicted octanol–water partition coefficient (Wildman–Crippen LogP) is 2.64. The molecule has 1 rings (SSSR count). The van der Waals surface area contributed by atoms with Gasteiger partial charge >= 0.3 is 0 Å². The Kier molecular flexibility index (Phi) is 5.19. The second-order valence-electron chi connectivity index (χ2n) is 6.93. The van der Waals surface area contributed by atoms with Crippen LogP contribution in [-0.4, -0.2) is 37.1 Å². The second-order valence-corrected chi connectivity index (χ2v) is 6.93. The van der Waals surface area contributed by atoms with Crippen LogP contribution in [0.4, 0.5) is 0 Å². The minimum Gasteiger partial charge on any atom is -0.303 e. The van der Waals surface area contributed by atoms with Crippen molar-refractivity contribution in [2.75, 3.05) is 26.7 Å². The van der Waals surface area contributed by atoms with Crippen LogP contribution in [0.3, 0.4) is 0 Å². The molecule has 104 valence electrons. The van der Waals surface area contributed by atoms with Crippen molar-refractivity contribution in [3.63, 3.8) is 0 Å². The summed E-state index contributed by atoms with van der Waals surface area (Å²) < 4.78 is 0. The first-order valence-electron chi connectivity index (χ1n) is 7.13. The predicted molar refractivity (Wildman–Crippen MR) is 76.3 cm³/mol. The molecule has 1 aliphatic rings. The molecule has 0 spiro atoms. The molecule has 1 heterocycles. The maximum Gasteiger partial charge on any atom is 0.104 e. The summed E-state index contributed by atoms with van der Waals surface area (Å²) in [5.41, 5.74) is 0.0686. The Bertz CT molecular complexity index is 292. The molecule has 0 bridgehead atoms. The van der Waals surface area contributed by atoms with Crippen LogP contribution in [0, 0.1) is 22.7 Å². The molecule has 3 heteroatoms. The van der Waals surface area contributed by atoms with Crippen molar-refractivity contribution in [1.82, 2.24) is 10.2 Å². The number of likely N-dealkylation sites (tertiary alicyclic amines) is 1. The number of nitriles is 1. The van der Waals surface area contributed by atoms with E-state index >= 15 is 0 Å². The molecule has 0 saturated carbocycles. The Balaban J connectivity index is 2.35. The average Bonchev–Trinajstić information content (AvgIpc) is 2.35. The minimum absolute atomic E-state index is 0.374. The molecule has 1 saturated heterocycles. The number of piperidine rings is 1. The molecule has 1 N–H and O–H groups in total. The van der Waals surface area contributed by atoms with Gasteiger partial charge in [0.2, 0.25) is 0 Å². The minimum atomic E-state index is -0.374. The van der Waals surface area contributed by atoms with Gasteiger partial charge in [-0.05, 0) is 57.7 Å². The van der Waals surface area contributed by atoms with Gasteiger partial charge in [0, 0.05) is 6.54 Å². The van der Waals surface area contributed by atoms with E-state index in [1.807, 2.05) is 14.0 Å². The van der Waals surface area contributed by atoms with Gasteiger partial charge in [-0.1, -0.05) is 20.8 Å². The smallest absolute Gasteiger partial charge is 0.104 e. The third-order valence-electron chi connectivity index (χ3n) is 4.54. The lowest BCUT2D eigenvalue weighted by atomic mass is 9.75. The normalized spacial score (nSPS) is 22.4. The highest BCUT2D eigenvalue weighted by molar-refractivity contribution is 5.03. The van der Waals surface area contributed by atoms with Crippen molar-refractivity contribution >= 4 is 0 Å². The zero-order chi connectivity index (χ0) is 13.8. The average molecular weight is 251 g/mol. The Morgan fingerprint density at radius 3 is 2.17 bits per heavy atom. The van der Waals surface area contributed by atoms with E-state index in [9.17, 15) is 0 Å². The van der Waals surface area contributed by atoms with Gasteiger partial charge in [0.15, 0.2) is 0 Å². The molecule has 0 aliphatic carbocycles. The maximum absolute atomic E-state index is 9.13. The summed E-state index contributed by atoms with van der Waals surface area (Å²) in [5.74, 6) is 0.848. The third-order valence-corrected chi connectivity index (χ3v) is 4.54. The lowest BCUT2D eigenvalue weighted by Gasteiger charge is -2.39. The highest BCUT2D eigenvalue weighted by Gasteiger charge is 2.29. The van der Waals surface area contributed by atoms with E-state index in [1.54, 1.807) is 0 Å². The number of nitrogens with zero attached hydrogens (tertiary/aromatic N) is 2. The fourth-order valence-corrected chi connectivity index (χ4v) is 2.64. The summed E-state index contributed by atoms with van der Waals surface area (Å²) in [6.45, 7) is 12.4. The maximum atomic E-state index is 9.13. The van der Waals surface area contributed by atoms with Gasteiger partial charge in [-0.3, -0.25) is 0 Å². The van der Waals surface area contributed by atoms with Gasteiger partial charge < -0.3 is 10.2 Å². The molecule has 1 atom stereocenters. The van der Waals surface area contributed by atoms with Crippen molar-refractivity contribution in [2.45, 2.75) is 52.5 Å². The number of hydrogen-bond acceptors (Lipinski definition) is 3. The van der Waals surface area contributed by atoms with Crippen LogP contribution in [0.2, 0.25) is 0 Å². The Labute approximate surface area is 113 Å². The number of hydrogen-bond donors (Lipinski definition) is 1. The highest BCUT2D eigenvalue weighted by Crippen LogP contribution is 2.34. The van der Waals surface area contributed by atoms with Crippen LogP contribution in [0.15, 0.2) is 0 Å². The van der Waals surface area contributed by atoms with Gasteiger partial charge in [-0.25, -0.2) is 0 Å². The van der Waals surface area contributed by atoms with Crippen molar-refractivity contribution < 1.29 is 0 Å². The first-order valence-corrected chi connectivity index (χ1v) is 7.13. The fourth-order valence-electron chi connectivity index (χ4n) is 2.64. The van der Waals surface area contributed by atoms with Gasteiger partial charge in [0.25, 0.3) is 0 Å². The summed E-state index contributed by atoms with van der Waals surface area (Å²) in [7, 11) is 1.87. The van der Waals surface area contributed by atoms with E-state index in [4.69, 9.17) is 5.26 Å². The fraction of sp³-hybridized carbons (Fsp3) is 0.933. The standard InChI is InChI=1S/C15H29N3/c1-14(2,3)13-6-9-18(10-7-13)11-8-15(4,12-16)17-5/h13,17H,6-11H2,1-5H3. The van der Waals surface area contributed by atoms with E-state index < -0.39 is 0 Å². The van der Waals surface area contributed by atoms with Crippen molar-refractivity contribution in [3.8, 4) is 6.07 Å². The summed E-state index contributed by atoms with van der Waals surface area (Å²) in [4.78, 5) is 2.51. The zero-order valence-corrected chi connectivity index (χ0v) is 12.7. The molecular formula is C15H29N3.